The van der Waals surface area contributed by atoms with Crippen molar-refractivity contribution in [1.29, 1.82) is 0 Å². The maximum atomic E-state index is 10.4. The lowest BCUT2D eigenvalue weighted by Gasteiger charge is -2.17. The first-order valence-corrected chi connectivity index (χ1v) is 5.56. The van der Waals surface area contributed by atoms with Crippen LogP contribution in [0.1, 0.15) is 19.8 Å². The van der Waals surface area contributed by atoms with Crippen LogP contribution < -0.4 is 22.5 Å². The van der Waals surface area contributed by atoms with Crippen molar-refractivity contribution in [2.24, 2.45) is 17.2 Å². The summed E-state index contributed by atoms with van der Waals surface area (Å²) in [4.78, 5) is 30.1. The predicted molar refractivity (Wildman–Crippen MR) is 68.2 cm³/mol. The van der Waals surface area contributed by atoms with Gasteiger partial charge in [-0.15, -0.1) is 0 Å². The lowest BCUT2D eigenvalue weighted by atomic mass is 9.98. The third kappa shape index (κ3) is 14.2. The molecule has 0 spiro atoms. The van der Waals surface area contributed by atoms with Gasteiger partial charge in [-0.1, -0.05) is 0 Å². The molecule has 0 aliphatic rings. The molecule has 1 amide bonds. The van der Waals surface area contributed by atoms with Crippen molar-refractivity contribution in [2.45, 2.75) is 25.3 Å². The molecule has 0 aliphatic heterocycles. The van der Waals surface area contributed by atoms with E-state index in [0.717, 1.165) is 0 Å². The molecule has 0 saturated carbocycles. The number of rotatable bonds is 8. The molecule has 9 heteroatoms. The van der Waals surface area contributed by atoms with Crippen LogP contribution in [0.25, 0.3) is 0 Å². The summed E-state index contributed by atoms with van der Waals surface area (Å²) >= 11 is 0. The maximum Gasteiger partial charge on any atom is 0.323 e. The van der Waals surface area contributed by atoms with Gasteiger partial charge in [0.05, 0.1) is 13.1 Å². The average Bonchev–Trinajstić information content (AvgIpc) is 2.26. The summed E-state index contributed by atoms with van der Waals surface area (Å²) in [5.41, 5.74) is 14.2. The van der Waals surface area contributed by atoms with Crippen molar-refractivity contribution in [3.63, 3.8) is 0 Å². The third-order valence-corrected chi connectivity index (χ3v) is 1.96. The summed E-state index contributed by atoms with van der Waals surface area (Å²) in [5, 5.41) is 18.8. The largest absolute Gasteiger partial charge is 0.480 e. The summed E-state index contributed by atoms with van der Waals surface area (Å²) in [6, 6.07) is 0. The lowest BCUT2D eigenvalue weighted by Crippen LogP contribution is -2.45. The Morgan fingerprint density at radius 1 is 1.21 bits per heavy atom. The summed E-state index contributed by atoms with van der Waals surface area (Å²) in [5.74, 6) is -2.53. The second-order valence-electron chi connectivity index (χ2n) is 4.08. The zero-order valence-electron chi connectivity index (χ0n) is 10.9. The monoisotopic (exact) mass is 278 g/mol. The van der Waals surface area contributed by atoms with Crippen LogP contribution in [0.2, 0.25) is 0 Å². The molecule has 0 unspecified atom stereocenters. The van der Waals surface area contributed by atoms with Crippen LogP contribution in [-0.4, -0.2) is 53.2 Å². The van der Waals surface area contributed by atoms with Crippen molar-refractivity contribution in [1.82, 2.24) is 5.32 Å². The summed E-state index contributed by atoms with van der Waals surface area (Å²) in [7, 11) is 0. The molecule has 0 saturated heterocycles. The zero-order valence-corrected chi connectivity index (χ0v) is 10.9. The number of primary amides is 1. The summed E-state index contributed by atoms with van der Waals surface area (Å²) < 4.78 is 0. The molecule has 19 heavy (non-hydrogen) atoms. The maximum absolute atomic E-state index is 10.4. The number of nitrogens with one attached hydrogen (secondary N) is 1. The minimum Gasteiger partial charge on any atom is -0.480 e. The van der Waals surface area contributed by atoms with Gasteiger partial charge in [-0.3, -0.25) is 19.7 Å². The first-order chi connectivity index (χ1) is 8.63. The molecular weight excluding hydrogens is 256 g/mol. The van der Waals surface area contributed by atoms with E-state index in [0.29, 0.717) is 19.4 Å². The number of hydrogen-bond acceptors (Lipinski definition) is 6. The molecule has 0 radical (unpaired) electrons. The Balaban J connectivity index is 0. The topological polar surface area (TPSA) is 182 Å². The third-order valence-electron chi connectivity index (χ3n) is 1.96. The van der Waals surface area contributed by atoms with Crippen molar-refractivity contribution in [3.8, 4) is 0 Å². The van der Waals surface area contributed by atoms with Crippen molar-refractivity contribution >= 4 is 17.8 Å². The van der Waals surface area contributed by atoms with Gasteiger partial charge in [-0.25, -0.2) is 0 Å². The smallest absolute Gasteiger partial charge is 0.323 e. The number of carbonyl (C=O) groups is 3. The van der Waals surface area contributed by atoms with Crippen LogP contribution in [0.5, 0.6) is 0 Å². The van der Waals surface area contributed by atoms with Gasteiger partial charge in [0.25, 0.3) is 0 Å². The van der Waals surface area contributed by atoms with Crippen LogP contribution in [0.3, 0.4) is 0 Å². The quantitative estimate of drug-likeness (QED) is 0.286. The fourth-order valence-electron chi connectivity index (χ4n) is 0.869. The second-order valence-corrected chi connectivity index (χ2v) is 4.08. The van der Waals surface area contributed by atoms with Gasteiger partial charge < -0.3 is 27.4 Å². The Bertz CT molecular complexity index is 292. The number of carbonyl (C=O) groups excluding carboxylic acids is 1. The summed E-state index contributed by atoms with van der Waals surface area (Å²) in [6.07, 6.45) is 1.08. The molecule has 9 nitrogen and oxygen atoms in total. The van der Waals surface area contributed by atoms with E-state index in [1.165, 1.54) is 6.92 Å². The van der Waals surface area contributed by atoms with E-state index in [-0.39, 0.29) is 13.1 Å². The Morgan fingerprint density at radius 3 is 2.05 bits per heavy atom. The van der Waals surface area contributed by atoms with Crippen LogP contribution in [-0.2, 0) is 14.4 Å². The van der Waals surface area contributed by atoms with Gasteiger partial charge in [-0.2, -0.15) is 0 Å². The van der Waals surface area contributed by atoms with Crippen LogP contribution in [0.15, 0.2) is 0 Å². The van der Waals surface area contributed by atoms with E-state index in [1.54, 1.807) is 0 Å². The molecule has 0 aromatic heterocycles. The van der Waals surface area contributed by atoms with E-state index < -0.39 is 23.4 Å². The molecule has 0 rings (SSSR count). The van der Waals surface area contributed by atoms with Crippen molar-refractivity contribution in [2.75, 3.05) is 19.6 Å². The molecule has 1 atom stereocenters. The van der Waals surface area contributed by atoms with Gasteiger partial charge in [0.15, 0.2) is 0 Å². The Hall–Kier alpha value is -1.71. The average molecular weight is 278 g/mol. The van der Waals surface area contributed by atoms with E-state index >= 15 is 0 Å². The SMILES string of the molecule is C[C@](N)(CCCN)C(=O)O.NC(=O)CNCC(=O)O. The Labute approximate surface area is 111 Å². The van der Waals surface area contributed by atoms with Gasteiger partial charge in [0.2, 0.25) is 5.91 Å². The highest BCUT2D eigenvalue weighted by molar-refractivity contribution is 5.77. The number of carboxylic acid groups (broad SMARTS) is 2. The molecule has 0 bridgehead atoms. The highest BCUT2D eigenvalue weighted by Gasteiger charge is 2.26. The lowest BCUT2D eigenvalue weighted by molar-refractivity contribution is -0.143. The van der Waals surface area contributed by atoms with Gasteiger partial charge in [0, 0.05) is 0 Å². The van der Waals surface area contributed by atoms with Gasteiger partial charge in [-0.05, 0) is 26.3 Å². The van der Waals surface area contributed by atoms with Crippen LogP contribution >= 0.6 is 0 Å². The molecule has 0 heterocycles. The number of hydrogen-bond donors (Lipinski definition) is 6. The number of carboxylic acids is 2. The molecular formula is C10H22N4O5. The summed E-state index contributed by atoms with van der Waals surface area (Å²) in [6.45, 7) is 1.65. The second kappa shape index (κ2) is 10.2. The van der Waals surface area contributed by atoms with Crippen molar-refractivity contribution in [3.05, 3.63) is 0 Å². The zero-order chi connectivity index (χ0) is 15.5. The van der Waals surface area contributed by atoms with E-state index in [2.05, 4.69) is 11.1 Å². The number of aliphatic carboxylic acids is 2. The minimum absolute atomic E-state index is 0.0910. The highest BCUT2D eigenvalue weighted by atomic mass is 16.4. The van der Waals surface area contributed by atoms with Gasteiger partial charge >= 0.3 is 11.9 Å². The van der Waals surface area contributed by atoms with E-state index in [1.807, 2.05) is 0 Å². The molecule has 112 valence electrons. The fraction of sp³-hybridized carbons (Fsp3) is 0.700. The molecule has 0 aromatic carbocycles. The van der Waals surface area contributed by atoms with E-state index in [9.17, 15) is 14.4 Å². The predicted octanol–water partition coefficient (Wildman–Crippen LogP) is -2.33. The van der Waals surface area contributed by atoms with Crippen molar-refractivity contribution < 1.29 is 24.6 Å². The van der Waals surface area contributed by atoms with Gasteiger partial charge in [0.1, 0.15) is 5.54 Å². The fourth-order valence-corrected chi connectivity index (χ4v) is 0.869. The first-order valence-electron chi connectivity index (χ1n) is 5.56. The van der Waals surface area contributed by atoms with E-state index in [4.69, 9.17) is 21.7 Å². The number of amides is 1. The van der Waals surface area contributed by atoms with Crippen LogP contribution in [0, 0.1) is 0 Å². The highest BCUT2D eigenvalue weighted by Crippen LogP contribution is 2.07. The molecule has 0 fully saturated rings. The Kier molecular flexibility index (Phi) is 10.6. The minimum atomic E-state index is -1.11. The normalized spacial score (nSPS) is 12.8. The molecule has 9 N–H and O–H groups in total. The Morgan fingerprint density at radius 2 is 1.74 bits per heavy atom. The molecule has 0 aromatic rings. The van der Waals surface area contributed by atoms with Crippen LogP contribution in [0.4, 0.5) is 0 Å². The first kappa shape index (κ1) is 19.6. The number of nitrogens with two attached hydrogens (primary N) is 3. The standard InChI is InChI=1S/C6H14N2O2.C4H8N2O3/c1-6(8,5(9)10)3-2-4-7;5-3(7)1-6-2-4(8)9/h2-4,7-8H2,1H3,(H,9,10);6H,1-2H2,(H2,5,7)(H,8,9)/t6-;/m0./s1. The molecule has 0 aliphatic carbocycles.